The number of amides is 1. The van der Waals surface area contributed by atoms with Crippen molar-refractivity contribution in [2.75, 3.05) is 13.2 Å². The summed E-state index contributed by atoms with van der Waals surface area (Å²) in [6.07, 6.45) is 1.56. The van der Waals surface area contributed by atoms with Gasteiger partial charge in [-0.3, -0.25) is 9.59 Å². The molecule has 2 aromatic carbocycles. The number of ketones is 1. The van der Waals surface area contributed by atoms with Crippen LogP contribution >= 0.6 is 0 Å². The Kier molecular flexibility index (Phi) is 4.71. The van der Waals surface area contributed by atoms with E-state index in [9.17, 15) is 9.59 Å². The molecule has 0 aromatic heterocycles. The van der Waals surface area contributed by atoms with Gasteiger partial charge < -0.3 is 9.64 Å². The van der Waals surface area contributed by atoms with Gasteiger partial charge in [0.1, 0.15) is 5.75 Å². The number of ether oxygens (including phenoxy) is 1. The number of hydrogen-bond acceptors (Lipinski definition) is 3. The predicted octanol–water partition coefficient (Wildman–Crippen LogP) is 2.94. The third-order valence-electron chi connectivity index (χ3n) is 4.04. The third-order valence-corrected chi connectivity index (χ3v) is 4.04. The zero-order chi connectivity index (χ0) is 16.1. The molecule has 118 valence electrons. The minimum absolute atomic E-state index is 0.0103. The largest absolute Gasteiger partial charge is 0.484 e. The first kappa shape index (κ1) is 15.3. The number of rotatable bonds is 5. The van der Waals surface area contributed by atoms with Gasteiger partial charge in [-0.1, -0.05) is 48.5 Å². The van der Waals surface area contributed by atoms with E-state index in [1.165, 1.54) is 0 Å². The van der Waals surface area contributed by atoms with Gasteiger partial charge in [-0.2, -0.15) is 0 Å². The lowest BCUT2D eigenvalue weighted by atomic mass is 10.0. The average Bonchev–Trinajstić information content (AvgIpc) is 3.10. The molecule has 4 nitrogen and oxygen atoms in total. The summed E-state index contributed by atoms with van der Waals surface area (Å²) in [5.41, 5.74) is 0.654. The summed E-state index contributed by atoms with van der Waals surface area (Å²) < 4.78 is 5.51. The molecule has 1 amide bonds. The number of carbonyl (C=O) groups excluding carboxylic acids is 2. The van der Waals surface area contributed by atoms with Crippen LogP contribution < -0.4 is 4.74 Å². The summed E-state index contributed by atoms with van der Waals surface area (Å²) in [6.45, 7) is 0.572. The molecule has 1 saturated heterocycles. The molecule has 0 radical (unpaired) electrons. The number of para-hydroxylation sites is 1. The van der Waals surface area contributed by atoms with E-state index in [0.717, 1.165) is 6.42 Å². The molecule has 0 bridgehead atoms. The van der Waals surface area contributed by atoms with Crippen molar-refractivity contribution in [1.82, 2.24) is 4.90 Å². The number of Topliss-reactive ketones (excluding diaryl/α,β-unsaturated/α-hetero) is 1. The van der Waals surface area contributed by atoms with Crippen molar-refractivity contribution >= 4 is 11.7 Å². The third kappa shape index (κ3) is 3.59. The second-order valence-corrected chi connectivity index (χ2v) is 5.58. The molecule has 0 N–H and O–H groups in total. The lowest BCUT2D eigenvalue weighted by Gasteiger charge is -2.23. The van der Waals surface area contributed by atoms with Gasteiger partial charge >= 0.3 is 0 Å². The maximum absolute atomic E-state index is 12.6. The molecule has 1 aliphatic rings. The number of hydrogen-bond donors (Lipinski definition) is 0. The molecule has 1 heterocycles. The Morgan fingerprint density at radius 3 is 2.35 bits per heavy atom. The predicted molar refractivity (Wildman–Crippen MR) is 87.4 cm³/mol. The zero-order valence-electron chi connectivity index (χ0n) is 12.9. The Morgan fingerprint density at radius 2 is 1.65 bits per heavy atom. The van der Waals surface area contributed by atoms with Gasteiger partial charge in [0.2, 0.25) is 0 Å². The van der Waals surface area contributed by atoms with Gasteiger partial charge in [0.25, 0.3) is 5.91 Å². The Hall–Kier alpha value is -2.62. The summed E-state index contributed by atoms with van der Waals surface area (Å²) in [4.78, 5) is 26.7. The van der Waals surface area contributed by atoms with Crippen LogP contribution in [0.25, 0.3) is 0 Å². The Balaban J connectivity index is 1.64. The van der Waals surface area contributed by atoms with Crippen molar-refractivity contribution in [3.05, 3.63) is 66.2 Å². The fraction of sp³-hybridized carbons (Fsp3) is 0.263. The van der Waals surface area contributed by atoms with Crippen molar-refractivity contribution in [3.63, 3.8) is 0 Å². The van der Waals surface area contributed by atoms with Gasteiger partial charge in [-0.25, -0.2) is 0 Å². The number of likely N-dealkylation sites (tertiary alicyclic amines) is 1. The lowest BCUT2D eigenvalue weighted by Crippen LogP contribution is -2.42. The zero-order valence-corrected chi connectivity index (χ0v) is 12.9. The summed E-state index contributed by atoms with van der Waals surface area (Å²) in [6, 6.07) is 18.0. The monoisotopic (exact) mass is 309 g/mol. The molecule has 1 fully saturated rings. The van der Waals surface area contributed by atoms with Crippen molar-refractivity contribution in [2.24, 2.45) is 0 Å². The standard InChI is InChI=1S/C19H19NO3/c21-18(14-23-16-10-5-2-6-11-16)20-13-7-12-17(20)19(22)15-8-3-1-4-9-15/h1-6,8-11,17H,7,12-14H2. The van der Waals surface area contributed by atoms with Crippen LogP contribution in [0.3, 0.4) is 0 Å². The van der Waals surface area contributed by atoms with Crippen LogP contribution in [0, 0.1) is 0 Å². The van der Waals surface area contributed by atoms with E-state index < -0.39 is 0 Å². The number of benzene rings is 2. The molecule has 1 atom stereocenters. The Bertz CT molecular complexity index is 670. The van der Waals surface area contributed by atoms with Gasteiger partial charge in [0.05, 0.1) is 6.04 Å². The number of carbonyl (C=O) groups is 2. The highest BCUT2D eigenvalue weighted by Gasteiger charge is 2.34. The van der Waals surface area contributed by atoms with E-state index in [1.54, 1.807) is 17.0 Å². The van der Waals surface area contributed by atoms with Crippen LogP contribution in [0.2, 0.25) is 0 Å². The van der Waals surface area contributed by atoms with Crippen LogP contribution in [0.1, 0.15) is 23.2 Å². The first-order valence-electron chi connectivity index (χ1n) is 7.82. The first-order valence-corrected chi connectivity index (χ1v) is 7.82. The van der Waals surface area contributed by atoms with Crippen molar-refractivity contribution in [3.8, 4) is 5.75 Å². The summed E-state index contributed by atoms with van der Waals surface area (Å²) in [5, 5.41) is 0. The van der Waals surface area contributed by atoms with E-state index in [0.29, 0.717) is 24.3 Å². The van der Waals surface area contributed by atoms with Crippen LogP contribution in [-0.2, 0) is 4.79 Å². The van der Waals surface area contributed by atoms with Crippen molar-refractivity contribution in [2.45, 2.75) is 18.9 Å². The molecule has 3 rings (SSSR count). The summed E-state index contributed by atoms with van der Waals surface area (Å²) in [7, 11) is 0. The second kappa shape index (κ2) is 7.09. The molecule has 0 aliphatic carbocycles. The summed E-state index contributed by atoms with van der Waals surface area (Å²) >= 11 is 0. The van der Waals surface area contributed by atoms with Crippen molar-refractivity contribution in [1.29, 1.82) is 0 Å². The van der Waals surface area contributed by atoms with Gasteiger partial charge in [0.15, 0.2) is 12.4 Å². The van der Waals surface area contributed by atoms with E-state index in [2.05, 4.69) is 0 Å². The first-order chi connectivity index (χ1) is 11.3. The van der Waals surface area contributed by atoms with E-state index in [4.69, 9.17) is 4.74 Å². The second-order valence-electron chi connectivity index (χ2n) is 5.58. The Morgan fingerprint density at radius 1 is 1.00 bits per heavy atom. The van der Waals surface area contributed by atoms with Gasteiger partial charge in [-0.15, -0.1) is 0 Å². The highest BCUT2D eigenvalue weighted by atomic mass is 16.5. The fourth-order valence-electron chi connectivity index (χ4n) is 2.88. The molecular formula is C19H19NO3. The molecule has 4 heteroatoms. The van der Waals surface area contributed by atoms with E-state index in [-0.39, 0.29) is 24.3 Å². The number of nitrogens with zero attached hydrogens (tertiary/aromatic N) is 1. The summed E-state index contributed by atoms with van der Waals surface area (Å²) in [5.74, 6) is 0.530. The molecule has 1 aliphatic heterocycles. The molecule has 23 heavy (non-hydrogen) atoms. The van der Waals surface area contributed by atoms with E-state index >= 15 is 0 Å². The average molecular weight is 309 g/mol. The SMILES string of the molecule is O=C(c1ccccc1)C1CCCN1C(=O)COc1ccccc1. The highest BCUT2D eigenvalue weighted by Crippen LogP contribution is 2.21. The van der Waals surface area contributed by atoms with Gasteiger partial charge in [0, 0.05) is 12.1 Å². The minimum atomic E-state index is -0.371. The molecule has 2 aromatic rings. The molecule has 0 spiro atoms. The minimum Gasteiger partial charge on any atom is -0.484 e. The maximum atomic E-state index is 12.6. The van der Waals surface area contributed by atoms with E-state index in [1.807, 2.05) is 48.5 Å². The van der Waals surface area contributed by atoms with Crippen LogP contribution in [-0.4, -0.2) is 35.8 Å². The van der Waals surface area contributed by atoms with Crippen molar-refractivity contribution < 1.29 is 14.3 Å². The topological polar surface area (TPSA) is 46.6 Å². The fourth-order valence-corrected chi connectivity index (χ4v) is 2.88. The smallest absolute Gasteiger partial charge is 0.261 e. The molecular weight excluding hydrogens is 290 g/mol. The van der Waals surface area contributed by atoms with Crippen LogP contribution in [0.15, 0.2) is 60.7 Å². The molecule has 0 saturated carbocycles. The highest BCUT2D eigenvalue weighted by molar-refractivity contribution is 6.02. The maximum Gasteiger partial charge on any atom is 0.261 e. The van der Waals surface area contributed by atoms with Gasteiger partial charge in [-0.05, 0) is 25.0 Å². The quantitative estimate of drug-likeness (QED) is 0.798. The normalized spacial score (nSPS) is 17.0. The molecule has 1 unspecified atom stereocenters. The Labute approximate surface area is 135 Å². The van der Waals surface area contributed by atoms with Crippen LogP contribution in [0.4, 0.5) is 0 Å². The van der Waals surface area contributed by atoms with Crippen LogP contribution in [0.5, 0.6) is 5.75 Å². The lowest BCUT2D eigenvalue weighted by molar-refractivity contribution is -0.133.